The number of alkyl carbamates (subject to hydrolysis) is 2. The second kappa shape index (κ2) is 11.1. The largest absolute Gasteiger partial charge is 0.450 e. The number of carbonyl (C=O) groups excluding carboxylic acids is 2. The first-order valence-corrected chi connectivity index (χ1v) is 9.30. The summed E-state index contributed by atoms with van der Waals surface area (Å²) in [7, 11) is 0. The fourth-order valence-electron chi connectivity index (χ4n) is 2.61. The van der Waals surface area contributed by atoms with Gasteiger partial charge in [-0.1, -0.05) is 43.7 Å². The molecule has 0 atom stereocenters. The third-order valence-corrected chi connectivity index (χ3v) is 4.26. The molecule has 2 rings (SSSR count). The van der Waals surface area contributed by atoms with Crippen molar-refractivity contribution in [1.82, 2.24) is 15.5 Å². The van der Waals surface area contributed by atoms with E-state index in [9.17, 15) is 9.59 Å². The zero-order valence-corrected chi connectivity index (χ0v) is 15.7. The second-order valence-corrected chi connectivity index (χ2v) is 6.51. The van der Waals surface area contributed by atoms with Gasteiger partial charge in [-0.05, 0) is 24.3 Å². The summed E-state index contributed by atoms with van der Waals surface area (Å²) in [6, 6.07) is 9.38. The summed E-state index contributed by atoms with van der Waals surface area (Å²) in [6.45, 7) is 4.54. The quantitative estimate of drug-likeness (QED) is 0.368. The molecule has 1 saturated heterocycles. The van der Waals surface area contributed by atoms with Crippen molar-refractivity contribution in [2.75, 3.05) is 26.2 Å². The Kier molecular flexibility index (Phi) is 8.41. The fraction of sp³-hybridized carbons (Fsp3) is 0.526. The van der Waals surface area contributed by atoms with E-state index in [1.807, 2.05) is 37.3 Å². The molecule has 1 fully saturated rings. The van der Waals surface area contributed by atoms with Gasteiger partial charge in [0.25, 0.3) is 0 Å². The van der Waals surface area contributed by atoms with Crippen LogP contribution in [0.3, 0.4) is 0 Å². The summed E-state index contributed by atoms with van der Waals surface area (Å²) in [6.07, 6.45) is 1.66. The number of hydrogen-bond donors (Lipinski definition) is 3. The number of ether oxygens (including phenoxy) is 2. The Balaban J connectivity index is 1.53. The van der Waals surface area contributed by atoms with Crippen LogP contribution in [0.2, 0.25) is 0 Å². The molecule has 0 unspecified atom stereocenters. The van der Waals surface area contributed by atoms with Crippen molar-refractivity contribution in [2.45, 2.75) is 32.8 Å². The molecule has 1 aromatic carbocycles. The Morgan fingerprint density at radius 2 is 1.93 bits per heavy atom. The van der Waals surface area contributed by atoms with Crippen LogP contribution in [0.25, 0.3) is 0 Å². The predicted octanol–water partition coefficient (Wildman–Crippen LogP) is 2.70. The Morgan fingerprint density at radius 3 is 2.63 bits per heavy atom. The first kappa shape index (κ1) is 20.5. The minimum Gasteiger partial charge on any atom is -0.450 e. The molecule has 0 spiro atoms. The van der Waals surface area contributed by atoms with Gasteiger partial charge in [-0.25, -0.2) is 9.59 Å². The molecule has 8 nitrogen and oxygen atoms in total. The van der Waals surface area contributed by atoms with Gasteiger partial charge in [0, 0.05) is 19.6 Å². The number of hydrogen-bond acceptors (Lipinski definition) is 5. The number of likely N-dealkylation sites (tertiary alicyclic amines) is 1. The van der Waals surface area contributed by atoms with E-state index in [1.54, 1.807) is 4.90 Å². The van der Waals surface area contributed by atoms with Gasteiger partial charge >= 0.3 is 12.2 Å². The summed E-state index contributed by atoms with van der Waals surface area (Å²) in [5.74, 6) is 0.416. The molecule has 1 aromatic rings. The van der Waals surface area contributed by atoms with E-state index in [0.717, 1.165) is 24.8 Å². The maximum Gasteiger partial charge on any atom is 0.414 e. The highest BCUT2D eigenvalue weighted by molar-refractivity contribution is 5.92. The van der Waals surface area contributed by atoms with Gasteiger partial charge in [0.1, 0.15) is 6.61 Å². The van der Waals surface area contributed by atoms with Crippen molar-refractivity contribution in [3.8, 4) is 0 Å². The molecule has 0 saturated carbocycles. The molecule has 0 radical (unpaired) electrons. The third kappa shape index (κ3) is 7.55. The number of guanidine groups is 1. The average Bonchev–Trinajstić information content (AvgIpc) is 2.62. The molecule has 2 amide bonds. The first-order chi connectivity index (χ1) is 13.1. The number of nitrogens with zero attached hydrogens (tertiary/aromatic N) is 1. The Morgan fingerprint density at radius 1 is 1.19 bits per heavy atom. The SMILES string of the molecule is CCCCOC(=O)NCCC1CN(C(=N)NC(=O)OCc2ccccc2)C1. The number of benzene rings is 1. The lowest BCUT2D eigenvalue weighted by Gasteiger charge is -2.40. The summed E-state index contributed by atoms with van der Waals surface area (Å²) in [5, 5.41) is 13.1. The summed E-state index contributed by atoms with van der Waals surface area (Å²) in [4.78, 5) is 24.9. The highest BCUT2D eigenvalue weighted by Gasteiger charge is 2.29. The molecular formula is C19H28N4O4. The van der Waals surface area contributed by atoms with Gasteiger partial charge in [-0.2, -0.15) is 0 Å². The Bertz CT molecular complexity index is 617. The maximum atomic E-state index is 11.7. The maximum absolute atomic E-state index is 11.7. The van der Waals surface area contributed by atoms with E-state index in [2.05, 4.69) is 10.6 Å². The molecule has 0 bridgehead atoms. The van der Waals surface area contributed by atoms with Gasteiger partial charge in [0.2, 0.25) is 5.96 Å². The zero-order chi connectivity index (χ0) is 19.5. The van der Waals surface area contributed by atoms with E-state index >= 15 is 0 Å². The van der Waals surface area contributed by atoms with E-state index in [-0.39, 0.29) is 18.7 Å². The summed E-state index contributed by atoms with van der Waals surface area (Å²) in [5.41, 5.74) is 0.893. The smallest absolute Gasteiger partial charge is 0.414 e. The van der Waals surface area contributed by atoms with Crippen LogP contribution in [-0.4, -0.2) is 49.3 Å². The van der Waals surface area contributed by atoms with Crippen molar-refractivity contribution in [3.63, 3.8) is 0 Å². The number of rotatable bonds is 8. The van der Waals surface area contributed by atoms with Gasteiger partial charge < -0.3 is 19.7 Å². The number of nitrogens with one attached hydrogen (secondary N) is 3. The number of unbranched alkanes of at least 4 members (excludes halogenated alkanes) is 1. The standard InChI is InChI=1S/C19H28N4O4/c1-2-3-11-26-18(24)21-10-9-16-12-23(13-16)17(20)22-19(25)27-14-15-7-5-4-6-8-15/h4-8,16H,2-3,9-14H2,1H3,(H,21,24)(H2,20,22,25). The molecule has 1 aliphatic rings. The molecule has 0 aliphatic carbocycles. The Hall–Kier alpha value is -2.77. The van der Waals surface area contributed by atoms with Gasteiger partial charge in [0.15, 0.2) is 0 Å². The molecule has 3 N–H and O–H groups in total. The van der Waals surface area contributed by atoms with Crippen LogP contribution in [0.4, 0.5) is 9.59 Å². The van der Waals surface area contributed by atoms with E-state index in [4.69, 9.17) is 14.9 Å². The molecular weight excluding hydrogens is 348 g/mol. The van der Waals surface area contributed by atoms with Gasteiger partial charge in [-0.3, -0.25) is 10.7 Å². The van der Waals surface area contributed by atoms with Crippen LogP contribution in [0.5, 0.6) is 0 Å². The van der Waals surface area contributed by atoms with Crippen LogP contribution in [0.15, 0.2) is 30.3 Å². The van der Waals surface area contributed by atoms with Crippen molar-refractivity contribution in [2.24, 2.45) is 5.92 Å². The predicted molar refractivity (Wildman–Crippen MR) is 101 cm³/mol. The molecule has 0 aromatic heterocycles. The van der Waals surface area contributed by atoms with Crippen molar-refractivity contribution in [3.05, 3.63) is 35.9 Å². The molecule has 1 heterocycles. The Labute approximate surface area is 159 Å². The molecule has 148 valence electrons. The monoisotopic (exact) mass is 376 g/mol. The molecule has 27 heavy (non-hydrogen) atoms. The number of amides is 2. The van der Waals surface area contributed by atoms with Crippen LogP contribution in [0.1, 0.15) is 31.7 Å². The van der Waals surface area contributed by atoms with Crippen LogP contribution in [0, 0.1) is 11.3 Å². The highest BCUT2D eigenvalue weighted by atomic mass is 16.6. The topological polar surface area (TPSA) is 104 Å². The van der Waals surface area contributed by atoms with E-state index in [0.29, 0.717) is 32.2 Å². The third-order valence-electron chi connectivity index (χ3n) is 4.26. The van der Waals surface area contributed by atoms with E-state index in [1.165, 1.54) is 0 Å². The van der Waals surface area contributed by atoms with Crippen molar-refractivity contribution in [1.29, 1.82) is 5.41 Å². The second-order valence-electron chi connectivity index (χ2n) is 6.51. The van der Waals surface area contributed by atoms with Crippen LogP contribution < -0.4 is 10.6 Å². The van der Waals surface area contributed by atoms with Gasteiger partial charge in [-0.15, -0.1) is 0 Å². The molecule has 8 heteroatoms. The minimum atomic E-state index is -0.635. The summed E-state index contributed by atoms with van der Waals surface area (Å²) >= 11 is 0. The lowest BCUT2D eigenvalue weighted by molar-refractivity contribution is 0.132. The number of carbonyl (C=O) groups is 2. The van der Waals surface area contributed by atoms with Gasteiger partial charge in [0.05, 0.1) is 6.61 Å². The fourth-order valence-corrected chi connectivity index (χ4v) is 2.61. The zero-order valence-electron chi connectivity index (χ0n) is 15.7. The molecule has 1 aliphatic heterocycles. The van der Waals surface area contributed by atoms with Crippen LogP contribution in [-0.2, 0) is 16.1 Å². The van der Waals surface area contributed by atoms with Crippen LogP contribution >= 0.6 is 0 Å². The lowest BCUT2D eigenvalue weighted by atomic mass is 9.97. The van der Waals surface area contributed by atoms with Crippen molar-refractivity contribution < 1.29 is 19.1 Å². The lowest BCUT2D eigenvalue weighted by Crippen LogP contribution is -2.55. The summed E-state index contributed by atoms with van der Waals surface area (Å²) < 4.78 is 10.1. The van der Waals surface area contributed by atoms with E-state index < -0.39 is 6.09 Å². The van der Waals surface area contributed by atoms with Crippen molar-refractivity contribution >= 4 is 18.1 Å². The normalized spacial score (nSPS) is 13.4. The first-order valence-electron chi connectivity index (χ1n) is 9.30. The minimum absolute atomic E-state index is 0.0382. The average molecular weight is 376 g/mol. The highest BCUT2D eigenvalue weighted by Crippen LogP contribution is 2.18.